The lowest BCUT2D eigenvalue weighted by molar-refractivity contribution is 0.144. The number of hydrogen-bond acceptors (Lipinski definition) is 3. The van der Waals surface area contributed by atoms with Gasteiger partial charge in [-0.2, -0.15) is 0 Å². The quantitative estimate of drug-likeness (QED) is 0.532. The monoisotopic (exact) mass is 231 g/mol. The molecule has 0 unspecified atom stereocenters. The van der Waals surface area contributed by atoms with Crippen molar-refractivity contribution >= 4 is 11.6 Å². The summed E-state index contributed by atoms with van der Waals surface area (Å²) in [5.41, 5.74) is 0. The van der Waals surface area contributed by atoms with Crippen LogP contribution in [0.25, 0.3) is 0 Å². The van der Waals surface area contributed by atoms with Gasteiger partial charge in [0.25, 0.3) is 0 Å². The maximum Gasteiger partial charge on any atom is 0.147 e. The first kappa shape index (κ1) is 12.5. The highest BCUT2D eigenvalue weighted by Gasteiger charge is 2.08. The van der Waals surface area contributed by atoms with E-state index in [-0.39, 0.29) is 0 Å². The fourth-order valence-corrected chi connectivity index (χ4v) is 1.70. The van der Waals surface area contributed by atoms with E-state index >= 15 is 0 Å². The Balaban J connectivity index is 2.49. The molecule has 0 saturated heterocycles. The van der Waals surface area contributed by atoms with E-state index in [1.54, 1.807) is 0 Å². The van der Waals surface area contributed by atoms with Crippen LogP contribution in [0, 0.1) is 0 Å². The predicted molar refractivity (Wildman–Crippen MR) is 60.1 cm³/mol. The Morgan fingerprint density at radius 3 is 2.60 bits per heavy atom. The Kier molecular flexibility index (Phi) is 5.65. The van der Waals surface area contributed by atoms with Gasteiger partial charge in [-0.05, 0) is 20.3 Å². The first-order valence-electron chi connectivity index (χ1n) is 5.38. The van der Waals surface area contributed by atoms with Gasteiger partial charge in [0, 0.05) is 26.2 Å². The summed E-state index contributed by atoms with van der Waals surface area (Å²) in [5, 5.41) is 8.17. The molecule has 0 aliphatic rings. The molecule has 0 aromatic carbocycles. The van der Waals surface area contributed by atoms with Crippen molar-refractivity contribution in [3.05, 3.63) is 11.6 Å². The topological polar surface area (TPSA) is 39.9 Å². The summed E-state index contributed by atoms with van der Waals surface area (Å²) in [7, 11) is 0. The molecular formula is C10H18ClN3O. The Morgan fingerprint density at radius 1 is 1.27 bits per heavy atom. The van der Waals surface area contributed by atoms with Crippen LogP contribution in [0.3, 0.4) is 0 Å². The van der Waals surface area contributed by atoms with E-state index in [0.29, 0.717) is 5.88 Å². The van der Waals surface area contributed by atoms with E-state index in [4.69, 9.17) is 16.3 Å². The molecule has 1 aromatic heterocycles. The maximum absolute atomic E-state index is 5.76. The van der Waals surface area contributed by atoms with Gasteiger partial charge in [0.15, 0.2) is 0 Å². The summed E-state index contributed by atoms with van der Waals surface area (Å²) in [5.74, 6) is 2.28. The third-order valence-electron chi connectivity index (χ3n) is 2.23. The van der Waals surface area contributed by atoms with Gasteiger partial charge in [0.05, 0.1) is 5.88 Å². The lowest BCUT2D eigenvalue weighted by Gasteiger charge is -2.05. The lowest BCUT2D eigenvalue weighted by Crippen LogP contribution is -2.06. The Bertz CT molecular complexity index is 288. The van der Waals surface area contributed by atoms with Crippen LogP contribution in [0.1, 0.15) is 31.9 Å². The van der Waals surface area contributed by atoms with Gasteiger partial charge in [-0.1, -0.05) is 0 Å². The van der Waals surface area contributed by atoms with Crippen molar-refractivity contribution in [3.63, 3.8) is 0 Å². The molecule has 1 rings (SSSR count). The molecular weight excluding hydrogens is 214 g/mol. The summed E-state index contributed by atoms with van der Waals surface area (Å²) in [6, 6.07) is 0. The molecule has 5 heteroatoms. The minimum Gasteiger partial charge on any atom is -0.382 e. The minimum atomic E-state index is 0.423. The molecule has 86 valence electrons. The molecule has 0 aliphatic heterocycles. The fourth-order valence-electron chi connectivity index (χ4n) is 1.50. The Labute approximate surface area is 95.6 Å². The number of aromatic nitrogens is 3. The summed E-state index contributed by atoms with van der Waals surface area (Å²) in [4.78, 5) is 0. The number of ether oxygens (including phenoxy) is 1. The zero-order valence-corrected chi connectivity index (χ0v) is 10.1. The smallest absolute Gasteiger partial charge is 0.147 e. The number of hydrogen-bond donors (Lipinski definition) is 0. The van der Waals surface area contributed by atoms with Crippen molar-refractivity contribution in [2.75, 3.05) is 13.2 Å². The molecule has 15 heavy (non-hydrogen) atoms. The van der Waals surface area contributed by atoms with Crippen LogP contribution in [0.2, 0.25) is 0 Å². The second kappa shape index (κ2) is 6.80. The van der Waals surface area contributed by atoms with Crippen LogP contribution < -0.4 is 0 Å². The third kappa shape index (κ3) is 3.47. The zero-order valence-electron chi connectivity index (χ0n) is 9.37. The molecule has 0 N–H and O–H groups in total. The molecule has 0 saturated carbocycles. The SMILES string of the molecule is CCOCCCc1nnc(CCl)n1CC. The minimum absolute atomic E-state index is 0.423. The predicted octanol–water partition coefficient (Wildman–Crippen LogP) is 2.01. The highest BCUT2D eigenvalue weighted by molar-refractivity contribution is 6.16. The third-order valence-corrected chi connectivity index (χ3v) is 2.47. The first-order valence-corrected chi connectivity index (χ1v) is 5.91. The van der Waals surface area contributed by atoms with Crippen LogP contribution in [0.15, 0.2) is 0 Å². The van der Waals surface area contributed by atoms with Gasteiger partial charge in [-0.15, -0.1) is 21.8 Å². The number of nitrogens with zero attached hydrogens (tertiary/aromatic N) is 3. The molecule has 4 nitrogen and oxygen atoms in total. The van der Waals surface area contributed by atoms with E-state index in [2.05, 4.69) is 21.7 Å². The van der Waals surface area contributed by atoms with Crippen LogP contribution in [-0.4, -0.2) is 28.0 Å². The van der Waals surface area contributed by atoms with Crippen molar-refractivity contribution in [3.8, 4) is 0 Å². The van der Waals surface area contributed by atoms with E-state index in [9.17, 15) is 0 Å². The number of halogens is 1. The van der Waals surface area contributed by atoms with E-state index in [1.165, 1.54) is 0 Å². The summed E-state index contributed by atoms with van der Waals surface area (Å²) < 4.78 is 7.35. The average Bonchev–Trinajstić information content (AvgIpc) is 2.66. The van der Waals surface area contributed by atoms with Crippen LogP contribution in [-0.2, 0) is 23.6 Å². The summed E-state index contributed by atoms with van der Waals surface area (Å²) >= 11 is 5.76. The molecule has 0 atom stereocenters. The normalized spacial score (nSPS) is 10.9. The summed E-state index contributed by atoms with van der Waals surface area (Å²) in [6.45, 7) is 6.50. The van der Waals surface area contributed by atoms with E-state index in [0.717, 1.165) is 44.2 Å². The van der Waals surface area contributed by atoms with Crippen LogP contribution in [0.5, 0.6) is 0 Å². The Morgan fingerprint density at radius 2 is 2.00 bits per heavy atom. The maximum atomic E-state index is 5.76. The van der Waals surface area contributed by atoms with Gasteiger partial charge < -0.3 is 9.30 Å². The van der Waals surface area contributed by atoms with Crippen LogP contribution >= 0.6 is 11.6 Å². The largest absolute Gasteiger partial charge is 0.382 e. The van der Waals surface area contributed by atoms with Crippen molar-refractivity contribution in [1.29, 1.82) is 0 Å². The molecule has 1 heterocycles. The number of aryl methyl sites for hydroxylation is 1. The molecule has 0 radical (unpaired) electrons. The zero-order chi connectivity index (χ0) is 11.1. The average molecular weight is 232 g/mol. The van der Waals surface area contributed by atoms with Crippen LogP contribution in [0.4, 0.5) is 0 Å². The van der Waals surface area contributed by atoms with E-state index in [1.807, 2.05) is 6.92 Å². The van der Waals surface area contributed by atoms with Crippen molar-refractivity contribution in [2.45, 2.75) is 39.1 Å². The molecule has 0 bridgehead atoms. The van der Waals surface area contributed by atoms with Gasteiger partial charge >= 0.3 is 0 Å². The van der Waals surface area contributed by atoms with Crippen molar-refractivity contribution < 1.29 is 4.74 Å². The van der Waals surface area contributed by atoms with Crippen molar-refractivity contribution in [2.24, 2.45) is 0 Å². The fraction of sp³-hybridized carbons (Fsp3) is 0.800. The molecule has 0 spiro atoms. The highest BCUT2D eigenvalue weighted by atomic mass is 35.5. The second-order valence-corrected chi connectivity index (χ2v) is 3.48. The van der Waals surface area contributed by atoms with Gasteiger partial charge in [0.1, 0.15) is 11.6 Å². The summed E-state index contributed by atoms with van der Waals surface area (Å²) in [6.07, 6.45) is 1.88. The second-order valence-electron chi connectivity index (χ2n) is 3.21. The Hall–Kier alpha value is -0.610. The van der Waals surface area contributed by atoms with Gasteiger partial charge in [-0.3, -0.25) is 0 Å². The standard InChI is InChI=1S/C10H18ClN3O/c1-3-14-9(6-5-7-15-4-2)12-13-10(14)8-11/h3-8H2,1-2H3. The first-order chi connectivity index (χ1) is 7.33. The lowest BCUT2D eigenvalue weighted by atomic mass is 10.3. The number of rotatable bonds is 7. The highest BCUT2D eigenvalue weighted by Crippen LogP contribution is 2.07. The van der Waals surface area contributed by atoms with Crippen molar-refractivity contribution in [1.82, 2.24) is 14.8 Å². The molecule has 0 amide bonds. The molecule has 0 fully saturated rings. The number of alkyl halides is 1. The molecule has 1 aromatic rings. The van der Waals surface area contributed by atoms with Gasteiger partial charge in [-0.25, -0.2) is 0 Å². The van der Waals surface area contributed by atoms with E-state index < -0.39 is 0 Å². The van der Waals surface area contributed by atoms with Gasteiger partial charge in [0.2, 0.25) is 0 Å². The molecule has 0 aliphatic carbocycles.